The van der Waals surface area contributed by atoms with Gasteiger partial charge in [0.2, 0.25) is 5.91 Å². The van der Waals surface area contributed by atoms with Crippen LogP contribution in [0.5, 0.6) is 0 Å². The zero-order valence-corrected chi connectivity index (χ0v) is 19.2. The van der Waals surface area contributed by atoms with Crippen molar-refractivity contribution in [2.75, 3.05) is 6.54 Å². The van der Waals surface area contributed by atoms with E-state index in [0.717, 1.165) is 30.5 Å². The highest BCUT2D eigenvalue weighted by Crippen LogP contribution is 2.39. The molecule has 0 radical (unpaired) electrons. The van der Waals surface area contributed by atoms with Gasteiger partial charge in [-0.2, -0.15) is 31.4 Å². The number of alkyl halides is 6. The first kappa shape index (κ1) is 27.5. The third-order valence-electron chi connectivity index (χ3n) is 4.86. The second-order valence-corrected chi connectivity index (χ2v) is 8.34. The van der Waals surface area contributed by atoms with Gasteiger partial charge in [0.25, 0.3) is 5.56 Å². The lowest BCUT2D eigenvalue weighted by atomic mass is 9.96. The highest BCUT2D eigenvalue weighted by atomic mass is 35.5. The number of amides is 1. The van der Waals surface area contributed by atoms with Crippen LogP contribution in [0.4, 0.5) is 30.7 Å². The third-order valence-corrected chi connectivity index (χ3v) is 5.41. The standard InChI is InChI=1S/C22H14Cl2F7N3O2/c23-16-6-12(7-17(24)19(16)25)15(22(29,30)31)4-2-11-1-3-14-13(5-11)8-33-34(20(14)36)9-18(35)32-10-21(26,27)28/h1-8,15H,9-10H2,(H,32,35). The Bertz CT molecular complexity index is 1360. The molecule has 3 rings (SSSR count). The maximum atomic E-state index is 13.7. The summed E-state index contributed by atoms with van der Waals surface area (Å²) in [5.74, 6) is -4.30. The molecule has 0 spiro atoms. The SMILES string of the molecule is O=C(Cn1ncc2cc(C=CC(c3cc(Cl)c(F)c(Cl)c3)C(F)(F)F)ccc2c1=O)NCC(F)(F)F. The zero-order valence-electron chi connectivity index (χ0n) is 17.7. The average molecular weight is 556 g/mol. The van der Waals surface area contributed by atoms with Crippen molar-refractivity contribution in [3.63, 3.8) is 0 Å². The smallest absolute Gasteiger partial charge is 0.345 e. The van der Waals surface area contributed by atoms with Crippen LogP contribution in [0, 0.1) is 5.82 Å². The molecule has 1 unspecified atom stereocenters. The molecule has 0 aliphatic heterocycles. The van der Waals surface area contributed by atoms with Crippen LogP contribution in [0.1, 0.15) is 17.0 Å². The summed E-state index contributed by atoms with van der Waals surface area (Å²) in [6, 6.07) is 5.60. The van der Waals surface area contributed by atoms with Crippen molar-refractivity contribution in [1.82, 2.24) is 15.1 Å². The van der Waals surface area contributed by atoms with E-state index in [1.165, 1.54) is 18.2 Å². The molecule has 0 bridgehead atoms. The van der Waals surface area contributed by atoms with E-state index in [2.05, 4.69) is 5.10 Å². The van der Waals surface area contributed by atoms with Crippen LogP contribution in [-0.4, -0.2) is 34.6 Å². The van der Waals surface area contributed by atoms with Crippen molar-refractivity contribution >= 4 is 46.0 Å². The predicted octanol–water partition coefficient (Wildman–Crippen LogP) is 5.88. The number of aromatic nitrogens is 2. The Kier molecular flexibility index (Phi) is 7.99. The number of rotatable bonds is 6. The Morgan fingerprint density at radius 3 is 2.31 bits per heavy atom. The lowest BCUT2D eigenvalue weighted by Crippen LogP contribution is -2.38. The number of hydrogen-bond acceptors (Lipinski definition) is 3. The summed E-state index contributed by atoms with van der Waals surface area (Å²) in [5, 5.41) is 4.46. The fourth-order valence-electron chi connectivity index (χ4n) is 3.18. The molecule has 1 atom stereocenters. The molecule has 36 heavy (non-hydrogen) atoms. The van der Waals surface area contributed by atoms with E-state index in [-0.39, 0.29) is 21.9 Å². The van der Waals surface area contributed by atoms with Gasteiger partial charge >= 0.3 is 12.4 Å². The van der Waals surface area contributed by atoms with Crippen molar-refractivity contribution in [2.24, 2.45) is 0 Å². The van der Waals surface area contributed by atoms with Crippen LogP contribution in [0.25, 0.3) is 16.8 Å². The summed E-state index contributed by atoms with van der Waals surface area (Å²) in [6.07, 6.45) is -6.31. The van der Waals surface area contributed by atoms with Crippen LogP contribution in [0.15, 0.2) is 47.4 Å². The number of fused-ring (bicyclic) bond motifs is 1. The summed E-state index contributed by atoms with van der Waals surface area (Å²) in [5.41, 5.74) is -0.920. The van der Waals surface area contributed by atoms with Crippen molar-refractivity contribution in [2.45, 2.75) is 24.8 Å². The molecule has 1 N–H and O–H groups in total. The van der Waals surface area contributed by atoms with Gasteiger partial charge in [-0.05, 0) is 35.4 Å². The molecule has 2 aromatic carbocycles. The van der Waals surface area contributed by atoms with Gasteiger partial charge in [-0.1, -0.05) is 41.4 Å². The monoisotopic (exact) mass is 555 g/mol. The van der Waals surface area contributed by atoms with Crippen molar-refractivity contribution in [3.05, 3.63) is 79.9 Å². The summed E-state index contributed by atoms with van der Waals surface area (Å²) in [7, 11) is 0. The Hall–Kier alpha value is -3.12. The minimum atomic E-state index is -4.76. The van der Waals surface area contributed by atoms with Gasteiger partial charge in [0.05, 0.1) is 27.5 Å². The van der Waals surface area contributed by atoms with E-state index >= 15 is 0 Å². The van der Waals surface area contributed by atoms with E-state index in [0.29, 0.717) is 4.68 Å². The molecule has 1 amide bonds. The molecule has 0 aliphatic rings. The maximum absolute atomic E-state index is 13.7. The average Bonchev–Trinajstić information content (AvgIpc) is 2.76. The molecule has 1 aromatic heterocycles. The summed E-state index contributed by atoms with van der Waals surface area (Å²) < 4.78 is 91.9. The second kappa shape index (κ2) is 10.5. The number of nitrogens with zero attached hydrogens (tertiary/aromatic N) is 2. The number of halogens is 9. The van der Waals surface area contributed by atoms with Crippen LogP contribution >= 0.6 is 23.2 Å². The number of nitrogens with one attached hydrogen (secondary N) is 1. The number of allylic oxidation sites excluding steroid dienone is 1. The molecule has 0 aliphatic carbocycles. The molecular formula is C22H14Cl2F7N3O2. The lowest BCUT2D eigenvalue weighted by Gasteiger charge is -2.18. The topological polar surface area (TPSA) is 64.0 Å². The first-order valence-corrected chi connectivity index (χ1v) is 10.6. The van der Waals surface area contributed by atoms with E-state index < -0.39 is 58.7 Å². The Morgan fingerprint density at radius 2 is 1.72 bits per heavy atom. The molecule has 3 aromatic rings. The molecule has 0 saturated carbocycles. The van der Waals surface area contributed by atoms with Gasteiger partial charge in [0.1, 0.15) is 13.1 Å². The normalized spacial score (nSPS) is 13.4. The van der Waals surface area contributed by atoms with E-state index in [1.807, 2.05) is 0 Å². The van der Waals surface area contributed by atoms with E-state index in [1.54, 1.807) is 5.32 Å². The Balaban J connectivity index is 1.87. The molecule has 1 heterocycles. The minimum Gasteiger partial charge on any atom is -0.345 e. The fourth-order valence-corrected chi connectivity index (χ4v) is 3.69. The van der Waals surface area contributed by atoms with Gasteiger partial charge < -0.3 is 5.32 Å². The largest absolute Gasteiger partial charge is 0.405 e. The number of hydrogen-bond donors (Lipinski definition) is 1. The quantitative estimate of drug-likeness (QED) is 0.305. The minimum absolute atomic E-state index is 0.0373. The van der Waals surface area contributed by atoms with Gasteiger partial charge in [0, 0.05) is 5.39 Å². The van der Waals surface area contributed by atoms with Gasteiger partial charge in [-0.3, -0.25) is 9.59 Å². The van der Waals surface area contributed by atoms with Gasteiger partial charge in [-0.25, -0.2) is 9.07 Å². The first-order valence-electron chi connectivity index (χ1n) is 9.88. The predicted molar refractivity (Wildman–Crippen MR) is 119 cm³/mol. The molecule has 5 nitrogen and oxygen atoms in total. The van der Waals surface area contributed by atoms with Crippen molar-refractivity contribution < 1.29 is 35.5 Å². The first-order chi connectivity index (χ1) is 16.7. The van der Waals surface area contributed by atoms with Crippen LogP contribution in [0.2, 0.25) is 10.0 Å². The van der Waals surface area contributed by atoms with Crippen LogP contribution in [-0.2, 0) is 11.3 Å². The van der Waals surface area contributed by atoms with Gasteiger partial charge in [-0.15, -0.1) is 0 Å². The molecule has 14 heteroatoms. The second-order valence-electron chi connectivity index (χ2n) is 7.52. The summed E-state index contributed by atoms with van der Waals surface area (Å²) in [6.45, 7) is -2.33. The molecule has 192 valence electrons. The van der Waals surface area contributed by atoms with Crippen molar-refractivity contribution in [1.29, 1.82) is 0 Å². The van der Waals surface area contributed by atoms with Crippen LogP contribution < -0.4 is 10.9 Å². The zero-order chi connectivity index (χ0) is 26.8. The van der Waals surface area contributed by atoms with Gasteiger partial charge in [0.15, 0.2) is 5.82 Å². The highest BCUT2D eigenvalue weighted by molar-refractivity contribution is 6.35. The molecule has 0 saturated heterocycles. The maximum Gasteiger partial charge on any atom is 0.405 e. The number of carbonyl (C=O) groups is 1. The van der Waals surface area contributed by atoms with E-state index in [4.69, 9.17) is 23.2 Å². The Morgan fingerprint density at radius 1 is 1.08 bits per heavy atom. The summed E-state index contributed by atoms with van der Waals surface area (Å²) >= 11 is 11.3. The fraction of sp³-hybridized carbons (Fsp3) is 0.227. The number of carbonyl (C=O) groups excluding carboxylic acids is 1. The highest BCUT2D eigenvalue weighted by Gasteiger charge is 2.39. The van der Waals surface area contributed by atoms with Crippen LogP contribution in [0.3, 0.4) is 0 Å². The van der Waals surface area contributed by atoms with E-state index in [9.17, 15) is 40.3 Å². The Labute approximate surface area is 208 Å². The lowest BCUT2D eigenvalue weighted by molar-refractivity contribution is -0.139. The van der Waals surface area contributed by atoms with Crippen molar-refractivity contribution in [3.8, 4) is 0 Å². The molecular weight excluding hydrogens is 542 g/mol. The molecule has 0 fully saturated rings. The third kappa shape index (κ3) is 6.76. The summed E-state index contributed by atoms with van der Waals surface area (Å²) in [4.78, 5) is 24.2. The number of benzene rings is 2.